The van der Waals surface area contributed by atoms with Crippen LogP contribution in [0.1, 0.15) is 21.5 Å². The maximum atomic E-state index is 11.7. The second-order valence-corrected chi connectivity index (χ2v) is 3.69. The lowest BCUT2D eigenvalue weighted by atomic mass is 10.0. The first-order chi connectivity index (χ1) is 7.56. The van der Waals surface area contributed by atoms with Gasteiger partial charge in [0.05, 0.1) is 0 Å². The van der Waals surface area contributed by atoms with E-state index in [0.717, 1.165) is 11.1 Å². The summed E-state index contributed by atoms with van der Waals surface area (Å²) in [4.78, 5) is 13.2. The van der Waals surface area contributed by atoms with Crippen molar-refractivity contribution in [1.29, 1.82) is 0 Å². The number of nitrogens with zero attached hydrogens (tertiary/aromatic N) is 1. The van der Waals surface area contributed by atoms with Crippen molar-refractivity contribution < 1.29 is 9.90 Å². The Morgan fingerprint density at radius 1 is 1.44 bits per heavy atom. The number of hydrogen-bond donors (Lipinski definition) is 1. The Morgan fingerprint density at radius 3 is 2.62 bits per heavy atom. The van der Waals surface area contributed by atoms with E-state index < -0.39 is 0 Å². The molecule has 84 valence electrons. The summed E-state index contributed by atoms with van der Waals surface area (Å²) in [5, 5.41) is 8.60. The second kappa shape index (κ2) is 5.34. The molecule has 16 heavy (non-hydrogen) atoms. The van der Waals surface area contributed by atoms with Gasteiger partial charge in [-0.05, 0) is 30.7 Å². The Bertz CT molecular complexity index is 453. The van der Waals surface area contributed by atoms with E-state index in [1.807, 2.05) is 13.0 Å². The van der Waals surface area contributed by atoms with E-state index in [0.29, 0.717) is 5.56 Å². The Kier molecular flexibility index (Phi) is 4.10. The summed E-state index contributed by atoms with van der Waals surface area (Å²) in [6.07, 6.45) is 0. The fourth-order valence-electron chi connectivity index (χ4n) is 1.33. The first-order valence-electron chi connectivity index (χ1n) is 4.98. The highest BCUT2D eigenvalue weighted by molar-refractivity contribution is 5.94. The third kappa shape index (κ3) is 2.85. The van der Waals surface area contributed by atoms with Gasteiger partial charge in [-0.2, -0.15) is 0 Å². The van der Waals surface area contributed by atoms with Gasteiger partial charge >= 0.3 is 0 Å². The maximum absolute atomic E-state index is 11.7. The van der Waals surface area contributed by atoms with Gasteiger partial charge in [0.2, 0.25) is 0 Å². The van der Waals surface area contributed by atoms with Crippen LogP contribution < -0.4 is 0 Å². The number of carbonyl (C=O) groups is 1. The topological polar surface area (TPSA) is 40.5 Å². The molecular weight excluding hydrogens is 202 g/mol. The molecular formula is C13H15NO2. The van der Waals surface area contributed by atoms with Crippen LogP contribution in [0.15, 0.2) is 18.2 Å². The van der Waals surface area contributed by atoms with E-state index in [9.17, 15) is 4.79 Å². The molecule has 0 aliphatic carbocycles. The highest BCUT2D eigenvalue weighted by Crippen LogP contribution is 2.11. The predicted molar refractivity (Wildman–Crippen MR) is 63.2 cm³/mol. The summed E-state index contributed by atoms with van der Waals surface area (Å²) < 4.78 is 0. The lowest BCUT2D eigenvalue weighted by molar-refractivity contribution is 0.0827. The molecule has 0 radical (unpaired) electrons. The van der Waals surface area contributed by atoms with E-state index in [1.54, 1.807) is 26.2 Å². The van der Waals surface area contributed by atoms with E-state index in [2.05, 4.69) is 11.8 Å². The van der Waals surface area contributed by atoms with Crippen molar-refractivity contribution in [3.05, 3.63) is 34.9 Å². The van der Waals surface area contributed by atoms with Crippen LogP contribution >= 0.6 is 0 Å². The third-order valence-electron chi connectivity index (χ3n) is 2.18. The molecule has 3 nitrogen and oxygen atoms in total. The van der Waals surface area contributed by atoms with Crippen LogP contribution in [0.2, 0.25) is 0 Å². The molecule has 0 bridgehead atoms. The summed E-state index contributed by atoms with van der Waals surface area (Å²) in [6, 6.07) is 5.36. The number of amides is 1. The third-order valence-corrected chi connectivity index (χ3v) is 2.18. The Labute approximate surface area is 95.7 Å². The van der Waals surface area contributed by atoms with Crippen LogP contribution in [0.3, 0.4) is 0 Å². The number of rotatable bonds is 1. The highest BCUT2D eigenvalue weighted by Gasteiger charge is 2.08. The minimum atomic E-state index is -0.155. The van der Waals surface area contributed by atoms with Gasteiger partial charge in [-0.25, -0.2) is 0 Å². The number of aliphatic hydroxyl groups is 1. The average Bonchev–Trinajstić information content (AvgIpc) is 2.26. The van der Waals surface area contributed by atoms with Gasteiger partial charge in [0.15, 0.2) is 0 Å². The molecule has 0 saturated carbocycles. The monoisotopic (exact) mass is 217 g/mol. The van der Waals surface area contributed by atoms with Crippen molar-refractivity contribution >= 4 is 5.91 Å². The lowest BCUT2D eigenvalue weighted by Gasteiger charge is -2.11. The Balaban J connectivity index is 3.04. The first kappa shape index (κ1) is 12.3. The fourth-order valence-corrected chi connectivity index (χ4v) is 1.33. The molecule has 1 N–H and O–H groups in total. The summed E-state index contributed by atoms with van der Waals surface area (Å²) in [7, 11) is 3.44. The van der Waals surface area contributed by atoms with Gasteiger partial charge in [0.25, 0.3) is 5.91 Å². The van der Waals surface area contributed by atoms with Crippen molar-refractivity contribution in [2.75, 3.05) is 20.7 Å². The molecule has 0 aliphatic heterocycles. The predicted octanol–water partition coefficient (Wildman–Crippen LogP) is 1.04. The van der Waals surface area contributed by atoms with Crippen LogP contribution in [0.4, 0.5) is 0 Å². The molecule has 0 saturated heterocycles. The minimum absolute atomic E-state index is 0.0234. The zero-order valence-corrected chi connectivity index (χ0v) is 9.74. The molecule has 0 aromatic heterocycles. The molecule has 1 aromatic carbocycles. The van der Waals surface area contributed by atoms with Crippen molar-refractivity contribution in [2.24, 2.45) is 0 Å². The molecule has 0 atom stereocenters. The molecule has 0 fully saturated rings. The molecule has 1 aromatic rings. The van der Waals surface area contributed by atoms with Crippen LogP contribution in [-0.2, 0) is 0 Å². The van der Waals surface area contributed by atoms with Gasteiger partial charge < -0.3 is 10.0 Å². The highest BCUT2D eigenvalue weighted by atomic mass is 16.2. The van der Waals surface area contributed by atoms with Crippen LogP contribution in [0.5, 0.6) is 0 Å². The lowest BCUT2D eigenvalue weighted by Crippen LogP contribution is -2.21. The summed E-state index contributed by atoms with van der Waals surface area (Å²) >= 11 is 0. The quantitative estimate of drug-likeness (QED) is 0.714. The second-order valence-electron chi connectivity index (χ2n) is 3.69. The van der Waals surface area contributed by atoms with E-state index >= 15 is 0 Å². The van der Waals surface area contributed by atoms with E-state index in [1.165, 1.54) is 4.90 Å². The Morgan fingerprint density at radius 2 is 2.12 bits per heavy atom. The Hall–Kier alpha value is -1.79. The smallest absolute Gasteiger partial charge is 0.253 e. The molecule has 0 spiro atoms. The summed E-state index contributed by atoms with van der Waals surface area (Å²) in [6.45, 7) is 1.74. The van der Waals surface area contributed by atoms with Gasteiger partial charge in [0, 0.05) is 25.2 Å². The first-order valence-corrected chi connectivity index (χ1v) is 4.98. The van der Waals surface area contributed by atoms with Crippen molar-refractivity contribution in [1.82, 2.24) is 4.90 Å². The summed E-state index contributed by atoms with van der Waals surface area (Å²) in [5.74, 6) is 5.40. The van der Waals surface area contributed by atoms with Gasteiger partial charge in [-0.1, -0.05) is 11.8 Å². The normalized spacial score (nSPS) is 9.25. The number of aliphatic hydroxyl groups excluding tert-OH is 1. The number of hydrogen-bond acceptors (Lipinski definition) is 2. The largest absolute Gasteiger partial charge is 0.384 e. The molecule has 3 heteroatoms. The SMILES string of the molecule is Cc1cc(C(=O)N(C)C)ccc1C#CCO. The number of benzene rings is 1. The van der Waals surface area contributed by atoms with Crippen molar-refractivity contribution in [3.8, 4) is 11.8 Å². The van der Waals surface area contributed by atoms with Crippen LogP contribution in [0, 0.1) is 18.8 Å². The molecule has 1 amide bonds. The van der Waals surface area contributed by atoms with Gasteiger partial charge in [-0.15, -0.1) is 0 Å². The van der Waals surface area contributed by atoms with Crippen molar-refractivity contribution in [3.63, 3.8) is 0 Å². The molecule has 0 unspecified atom stereocenters. The zero-order chi connectivity index (χ0) is 12.1. The minimum Gasteiger partial charge on any atom is -0.384 e. The standard InChI is InChI=1S/C13H15NO2/c1-10-9-12(13(16)14(2)3)7-6-11(10)5-4-8-15/h6-7,9,15H,8H2,1-3H3. The number of carbonyl (C=O) groups excluding carboxylic acids is 1. The van der Waals surface area contributed by atoms with E-state index in [-0.39, 0.29) is 12.5 Å². The molecule has 1 rings (SSSR count). The van der Waals surface area contributed by atoms with E-state index in [4.69, 9.17) is 5.11 Å². The zero-order valence-electron chi connectivity index (χ0n) is 9.74. The number of aryl methyl sites for hydroxylation is 1. The van der Waals surface area contributed by atoms with Crippen LogP contribution in [-0.4, -0.2) is 36.6 Å². The summed E-state index contributed by atoms with van der Waals surface area (Å²) in [5.41, 5.74) is 2.43. The maximum Gasteiger partial charge on any atom is 0.253 e. The average molecular weight is 217 g/mol. The van der Waals surface area contributed by atoms with Gasteiger partial charge in [-0.3, -0.25) is 4.79 Å². The fraction of sp³-hybridized carbons (Fsp3) is 0.308. The van der Waals surface area contributed by atoms with Crippen molar-refractivity contribution in [2.45, 2.75) is 6.92 Å². The van der Waals surface area contributed by atoms with Crippen LogP contribution in [0.25, 0.3) is 0 Å². The molecule has 0 aliphatic rings. The van der Waals surface area contributed by atoms with Gasteiger partial charge in [0.1, 0.15) is 6.61 Å². The molecule has 0 heterocycles.